The highest BCUT2D eigenvalue weighted by Gasteiger charge is 2.28. The zero-order valence-electron chi connectivity index (χ0n) is 13.4. The second-order valence-corrected chi connectivity index (χ2v) is 6.06. The summed E-state index contributed by atoms with van der Waals surface area (Å²) in [7, 11) is 1.70. The Morgan fingerprint density at radius 2 is 2.33 bits per heavy atom. The van der Waals surface area contributed by atoms with Gasteiger partial charge in [0.1, 0.15) is 5.82 Å². The Morgan fingerprint density at radius 3 is 3.12 bits per heavy atom. The minimum absolute atomic E-state index is 0.00231. The summed E-state index contributed by atoms with van der Waals surface area (Å²) in [5.74, 6) is 0.785. The third kappa shape index (κ3) is 2.64. The van der Waals surface area contributed by atoms with Gasteiger partial charge in [0.15, 0.2) is 0 Å². The van der Waals surface area contributed by atoms with Crippen molar-refractivity contribution in [2.45, 2.75) is 25.2 Å². The number of nitrogens with zero attached hydrogens (tertiary/aromatic N) is 2. The summed E-state index contributed by atoms with van der Waals surface area (Å²) < 4.78 is 11.2. The predicted octanol–water partition coefficient (Wildman–Crippen LogP) is 2.78. The second-order valence-electron chi connectivity index (χ2n) is 6.06. The number of ether oxygens (including phenoxy) is 2. The number of pyridine rings is 1. The third-order valence-corrected chi connectivity index (χ3v) is 4.61. The molecule has 6 nitrogen and oxygen atoms in total. The Labute approximate surface area is 140 Å². The molecule has 1 N–H and O–H groups in total. The molecule has 1 fully saturated rings. The smallest absolute Gasteiger partial charge is 0.214 e. The molecule has 1 aromatic heterocycles. The van der Waals surface area contributed by atoms with Crippen molar-refractivity contribution in [3.05, 3.63) is 47.7 Å². The van der Waals surface area contributed by atoms with Crippen LogP contribution in [0.4, 0.5) is 17.2 Å². The van der Waals surface area contributed by atoms with E-state index in [1.165, 1.54) is 0 Å². The van der Waals surface area contributed by atoms with Crippen LogP contribution in [0.5, 0.6) is 0 Å². The van der Waals surface area contributed by atoms with Crippen LogP contribution in [0.15, 0.2) is 36.5 Å². The van der Waals surface area contributed by atoms with Gasteiger partial charge in [-0.3, -0.25) is 4.79 Å². The van der Waals surface area contributed by atoms with Crippen LogP contribution in [0.3, 0.4) is 0 Å². The molecule has 124 valence electrons. The summed E-state index contributed by atoms with van der Waals surface area (Å²) in [6.07, 6.45) is 3.55. The summed E-state index contributed by atoms with van der Waals surface area (Å²) in [6.45, 7) is 1.09. The number of benzene rings is 1. The van der Waals surface area contributed by atoms with Gasteiger partial charge in [0.25, 0.3) is 0 Å². The zero-order valence-corrected chi connectivity index (χ0v) is 13.4. The lowest BCUT2D eigenvalue weighted by molar-refractivity contribution is -0.107. The maximum absolute atomic E-state index is 11.6. The first-order valence-electron chi connectivity index (χ1n) is 7.99. The molecule has 2 aliphatic rings. The molecule has 0 saturated carbocycles. The second kappa shape index (κ2) is 6.22. The van der Waals surface area contributed by atoms with E-state index in [9.17, 15) is 4.79 Å². The number of hydrogen-bond donors (Lipinski definition) is 1. The highest BCUT2D eigenvalue weighted by molar-refractivity contribution is 5.87. The first-order valence-corrected chi connectivity index (χ1v) is 7.99. The fourth-order valence-corrected chi connectivity index (χ4v) is 3.26. The Kier molecular flexibility index (Phi) is 3.92. The van der Waals surface area contributed by atoms with Crippen molar-refractivity contribution in [3.8, 4) is 0 Å². The number of hydrogen-bond acceptors (Lipinski definition) is 5. The van der Waals surface area contributed by atoms with E-state index in [1.54, 1.807) is 18.2 Å². The van der Waals surface area contributed by atoms with E-state index in [4.69, 9.17) is 9.47 Å². The average molecular weight is 325 g/mol. The van der Waals surface area contributed by atoms with E-state index >= 15 is 0 Å². The van der Waals surface area contributed by atoms with E-state index in [0.717, 1.165) is 41.2 Å². The van der Waals surface area contributed by atoms with Gasteiger partial charge in [0.05, 0.1) is 36.7 Å². The van der Waals surface area contributed by atoms with Gasteiger partial charge in [-0.05, 0) is 23.8 Å². The molecule has 0 bridgehead atoms. The Hall–Kier alpha value is -2.44. The van der Waals surface area contributed by atoms with Gasteiger partial charge in [-0.15, -0.1) is 0 Å². The number of carbonyl (C=O) groups excluding carboxylic acids is 1. The summed E-state index contributed by atoms with van der Waals surface area (Å²) in [4.78, 5) is 17.7. The number of rotatable bonds is 3. The van der Waals surface area contributed by atoms with Crippen molar-refractivity contribution in [1.29, 1.82) is 0 Å². The minimum atomic E-state index is -0.00231. The molecule has 6 heteroatoms. The van der Waals surface area contributed by atoms with Crippen LogP contribution in [0.2, 0.25) is 0 Å². The van der Waals surface area contributed by atoms with Gasteiger partial charge in [-0.25, -0.2) is 4.98 Å². The summed E-state index contributed by atoms with van der Waals surface area (Å²) >= 11 is 0. The third-order valence-electron chi connectivity index (χ3n) is 4.61. The van der Waals surface area contributed by atoms with Crippen molar-refractivity contribution in [2.75, 3.05) is 23.9 Å². The Bertz CT molecular complexity index is 765. The lowest BCUT2D eigenvalue weighted by atomic mass is 10.0. The normalized spacial score (nSPS) is 22.3. The van der Waals surface area contributed by atoms with E-state index in [0.29, 0.717) is 13.2 Å². The van der Waals surface area contributed by atoms with Gasteiger partial charge >= 0.3 is 0 Å². The molecule has 2 aromatic rings. The van der Waals surface area contributed by atoms with Gasteiger partial charge < -0.3 is 19.7 Å². The number of aromatic nitrogens is 1. The standard InChI is InChI=1S/C18H19N3O3/c1-23-14-8-17(24-10-14)12-4-5-15-16(7-12)21(11-22)9-13-3-2-6-19-18(13)20-15/h2-7,11,14,17H,8-10H2,1H3,(H,19,20). The fraction of sp³-hybridized carbons (Fsp3) is 0.333. The number of methoxy groups -OCH3 is 1. The van der Waals surface area contributed by atoms with Crippen LogP contribution in [-0.2, 0) is 20.8 Å². The summed E-state index contributed by atoms with van der Waals surface area (Å²) in [6, 6.07) is 9.88. The number of fused-ring (bicyclic) bond motifs is 2. The van der Waals surface area contributed by atoms with Crippen LogP contribution in [0.25, 0.3) is 0 Å². The van der Waals surface area contributed by atoms with Crippen LogP contribution >= 0.6 is 0 Å². The highest BCUT2D eigenvalue weighted by atomic mass is 16.5. The lowest BCUT2D eigenvalue weighted by Gasteiger charge is -2.20. The first kappa shape index (κ1) is 15.1. The number of nitrogens with one attached hydrogen (secondary N) is 1. The maximum atomic E-state index is 11.6. The summed E-state index contributed by atoms with van der Waals surface area (Å²) in [5, 5.41) is 3.33. The molecule has 0 radical (unpaired) electrons. The Morgan fingerprint density at radius 1 is 1.42 bits per heavy atom. The average Bonchev–Trinajstić information content (AvgIpc) is 3.04. The SMILES string of the molecule is COC1COC(c2ccc3c(c2)N(C=O)Cc2cccnc2N3)C1. The quantitative estimate of drug-likeness (QED) is 0.879. The monoisotopic (exact) mass is 325 g/mol. The fourth-order valence-electron chi connectivity index (χ4n) is 3.26. The number of carbonyl (C=O) groups is 1. The van der Waals surface area contributed by atoms with E-state index in [-0.39, 0.29) is 12.2 Å². The van der Waals surface area contributed by atoms with Gasteiger partial charge in [0, 0.05) is 25.3 Å². The van der Waals surface area contributed by atoms with Crippen LogP contribution in [-0.4, -0.2) is 31.2 Å². The Balaban J connectivity index is 1.70. The zero-order chi connectivity index (χ0) is 16.5. The van der Waals surface area contributed by atoms with Gasteiger partial charge in [-0.1, -0.05) is 12.1 Å². The van der Waals surface area contributed by atoms with Crippen molar-refractivity contribution in [1.82, 2.24) is 4.98 Å². The molecule has 0 aliphatic carbocycles. The van der Waals surface area contributed by atoms with E-state index in [1.807, 2.05) is 30.3 Å². The maximum Gasteiger partial charge on any atom is 0.214 e. The lowest BCUT2D eigenvalue weighted by Crippen LogP contribution is -2.20. The minimum Gasteiger partial charge on any atom is -0.379 e. The van der Waals surface area contributed by atoms with E-state index < -0.39 is 0 Å². The molecule has 1 aromatic carbocycles. The highest BCUT2D eigenvalue weighted by Crippen LogP contribution is 2.38. The summed E-state index contributed by atoms with van der Waals surface area (Å²) in [5.41, 5.74) is 3.74. The number of anilines is 3. The first-order chi connectivity index (χ1) is 11.8. The molecule has 0 spiro atoms. The van der Waals surface area contributed by atoms with Gasteiger partial charge in [-0.2, -0.15) is 0 Å². The van der Waals surface area contributed by atoms with E-state index in [2.05, 4.69) is 10.3 Å². The molecule has 4 rings (SSSR count). The van der Waals surface area contributed by atoms with Gasteiger partial charge in [0.2, 0.25) is 6.41 Å². The molecular formula is C18H19N3O3. The van der Waals surface area contributed by atoms with Crippen LogP contribution < -0.4 is 10.2 Å². The van der Waals surface area contributed by atoms with Crippen molar-refractivity contribution < 1.29 is 14.3 Å². The van der Waals surface area contributed by atoms with Crippen molar-refractivity contribution in [3.63, 3.8) is 0 Å². The molecule has 2 unspecified atom stereocenters. The van der Waals surface area contributed by atoms with Crippen LogP contribution in [0, 0.1) is 0 Å². The molecule has 1 amide bonds. The van der Waals surface area contributed by atoms with Crippen LogP contribution in [0.1, 0.15) is 23.7 Å². The molecular weight excluding hydrogens is 306 g/mol. The van der Waals surface area contributed by atoms with Crippen molar-refractivity contribution in [2.24, 2.45) is 0 Å². The molecule has 3 heterocycles. The van der Waals surface area contributed by atoms with Crippen molar-refractivity contribution >= 4 is 23.6 Å². The molecule has 1 saturated heterocycles. The molecule has 2 aliphatic heterocycles. The number of amides is 1. The molecule has 24 heavy (non-hydrogen) atoms. The predicted molar refractivity (Wildman–Crippen MR) is 90.3 cm³/mol. The largest absolute Gasteiger partial charge is 0.379 e. The molecule has 2 atom stereocenters. The topological polar surface area (TPSA) is 63.7 Å².